The van der Waals surface area contributed by atoms with Crippen LogP contribution in [0, 0.1) is 5.92 Å². The Labute approximate surface area is 104 Å². The Morgan fingerprint density at radius 1 is 1.60 bits per heavy atom. The Morgan fingerprint density at radius 3 is 3.00 bits per heavy atom. The molecule has 1 nitrogen and oxygen atoms in total. The summed E-state index contributed by atoms with van der Waals surface area (Å²) >= 11 is 5.43. The molecule has 1 heterocycles. The first-order valence-electron chi connectivity index (χ1n) is 5.63. The van der Waals surface area contributed by atoms with Gasteiger partial charge >= 0.3 is 0 Å². The molecule has 1 aromatic heterocycles. The normalized spacial score (nSPS) is 29.4. The van der Waals surface area contributed by atoms with Crippen LogP contribution in [-0.2, 0) is 5.41 Å². The van der Waals surface area contributed by atoms with Gasteiger partial charge in [-0.05, 0) is 59.9 Å². The summed E-state index contributed by atoms with van der Waals surface area (Å²) in [5.74, 6) is 0.842. The summed E-state index contributed by atoms with van der Waals surface area (Å²) in [4.78, 5) is 1.54. The van der Waals surface area contributed by atoms with Crippen LogP contribution in [0.15, 0.2) is 15.9 Å². The highest BCUT2D eigenvalue weighted by Gasteiger charge is 2.51. The Morgan fingerprint density at radius 2 is 2.40 bits per heavy atom. The monoisotopic (exact) mass is 287 g/mol. The molecule has 1 N–H and O–H groups in total. The van der Waals surface area contributed by atoms with Crippen LogP contribution in [0.2, 0.25) is 0 Å². The third-order valence-corrected chi connectivity index (χ3v) is 5.27. The smallest absolute Gasteiger partial charge is 0.0701 e. The quantitative estimate of drug-likeness (QED) is 0.813. The Balaban J connectivity index is 1.89. The van der Waals surface area contributed by atoms with Crippen LogP contribution >= 0.6 is 27.3 Å². The van der Waals surface area contributed by atoms with Crippen molar-refractivity contribution in [2.75, 3.05) is 13.1 Å². The molecule has 2 unspecified atom stereocenters. The van der Waals surface area contributed by atoms with E-state index in [0.29, 0.717) is 5.41 Å². The summed E-state index contributed by atoms with van der Waals surface area (Å²) in [5.41, 5.74) is 0.456. The lowest BCUT2D eigenvalue weighted by molar-refractivity contribution is 0.579. The minimum atomic E-state index is 0.456. The number of hydrogen-bond donors (Lipinski definition) is 1. The molecule has 0 spiro atoms. The van der Waals surface area contributed by atoms with Crippen molar-refractivity contribution in [3.8, 4) is 0 Å². The van der Waals surface area contributed by atoms with E-state index in [9.17, 15) is 0 Å². The molecule has 0 saturated heterocycles. The molecule has 1 aliphatic carbocycles. The zero-order valence-electron chi connectivity index (χ0n) is 9.35. The van der Waals surface area contributed by atoms with Crippen LogP contribution in [-0.4, -0.2) is 13.1 Å². The number of hydrogen-bond acceptors (Lipinski definition) is 2. The maximum atomic E-state index is 3.54. The SMILES string of the molecule is CCCNCC1CC1(C)c1ccc(Br)s1. The van der Waals surface area contributed by atoms with Crippen molar-refractivity contribution in [2.45, 2.75) is 32.1 Å². The van der Waals surface area contributed by atoms with Gasteiger partial charge in [0, 0.05) is 10.3 Å². The van der Waals surface area contributed by atoms with Crippen LogP contribution in [0.1, 0.15) is 31.6 Å². The summed E-state index contributed by atoms with van der Waals surface area (Å²) in [6.07, 6.45) is 2.57. The lowest BCUT2D eigenvalue weighted by Gasteiger charge is -2.09. The molecule has 0 radical (unpaired) electrons. The van der Waals surface area contributed by atoms with Gasteiger partial charge in [0.25, 0.3) is 0 Å². The van der Waals surface area contributed by atoms with E-state index >= 15 is 0 Å². The number of thiophene rings is 1. The zero-order chi connectivity index (χ0) is 10.9. The number of nitrogens with one attached hydrogen (secondary N) is 1. The first-order chi connectivity index (χ1) is 7.16. The predicted octanol–water partition coefficient (Wildman–Crippen LogP) is 3.79. The standard InChI is InChI=1S/C12H18BrNS/c1-3-6-14-8-9-7-12(9,2)10-4-5-11(13)15-10/h4-5,9,14H,3,6-8H2,1-2H3. The summed E-state index contributed by atoms with van der Waals surface area (Å²) in [6.45, 7) is 6.94. The summed E-state index contributed by atoms with van der Waals surface area (Å²) in [6, 6.07) is 4.44. The third-order valence-electron chi connectivity index (χ3n) is 3.36. The average Bonchev–Trinajstić information content (AvgIpc) is 2.66. The van der Waals surface area contributed by atoms with Gasteiger partial charge in [-0.2, -0.15) is 0 Å². The van der Waals surface area contributed by atoms with Gasteiger partial charge in [0.15, 0.2) is 0 Å². The zero-order valence-corrected chi connectivity index (χ0v) is 11.7. The Kier molecular flexibility index (Phi) is 3.53. The molecule has 2 atom stereocenters. The Hall–Kier alpha value is 0.140. The van der Waals surface area contributed by atoms with E-state index in [1.165, 1.54) is 28.0 Å². The summed E-state index contributed by atoms with van der Waals surface area (Å²) in [7, 11) is 0. The first kappa shape index (κ1) is 11.6. The fourth-order valence-corrected chi connectivity index (χ4v) is 3.75. The van der Waals surface area contributed by atoms with Crippen molar-refractivity contribution in [3.63, 3.8) is 0 Å². The van der Waals surface area contributed by atoms with Crippen LogP contribution in [0.25, 0.3) is 0 Å². The van der Waals surface area contributed by atoms with E-state index in [2.05, 4.69) is 47.2 Å². The van der Waals surface area contributed by atoms with Gasteiger partial charge in [0.2, 0.25) is 0 Å². The maximum absolute atomic E-state index is 3.54. The van der Waals surface area contributed by atoms with Crippen molar-refractivity contribution >= 4 is 27.3 Å². The van der Waals surface area contributed by atoms with Crippen LogP contribution < -0.4 is 5.32 Å². The van der Waals surface area contributed by atoms with Gasteiger partial charge in [-0.1, -0.05) is 13.8 Å². The van der Waals surface area contributed by atoms with Crippen molar-refractivity contribution in [1.82, 2.24) is 5.32 Å². The number of halogens is 1. The molecule has 0 amide bonds. The average molecular weight is 288 g/mol. The molecule has 0 bridgehead atoms. The molecule has 1 fully saturated rings. The van der Waals surface area contributed by atoms with Crippen molar-refractivity contribution < 1.29 is 0 Å². The van der Waals surface area contributed by atoms with E-state index in [1.54, 1.807) is 0 Å². The van der Waals surface area contributed by atoms with Gasteiger partial charge in [-0.25, -0.2) is 0 Å². The fourth-order valence-electron chi connectivity index (χ4n) is 2.13. The van der Waals surface area contributed by atoms with Gasteiger partial charge in [0.05, 0.1) is 3.79 Å². The summed E-state index contributed by atoms with van der Waals surface area (Å²) < 4.78 is 1.26. The van der Waals surface area contributed by atoms with Crippen molar-refractivity contribution in [1.29, 1.82) is 0 Å². The van der Waals surface area contributed by atoms with Gasteiger partial charge in [-0.15, -0.1) is 11.3 Å². The van der Waals surface area contributed by atoms with E-state index in [1.807, 2.05) is 11.3 Å². The third kappa shape index (κ3) is 2.45. The molecular formula is C12H18BrNS. The molecule has 0 aromatic carbocycles. The van der Waals surface area contributed by atoms with E-state index < -0.39 is 0 Å². The molecule has 1 saturated carbocycles. The van der Waals surface area contributed by atoms with E-state index in [-0.39, 0.29) is 0 Å². The lowest BCUT2D eigenvalue weighted by atomic mass is 10.0. The summed E-state index contributed by atoms with van der Waals surface area (Å²) in [5, 5.41) is 3.52. The van der Waals surface area contributed by atoms with Crippen molar-refractivity contribution in [3.05, 3.63) is 20.8 Å². The van der Waals surface area contributed by atoms with Crippen molar-refractivity contribution in [2.24, 2.45) is 5.92 Å². The highest BCUT2D eigenvalue weighted by atomic mass is 79.9. The Bertz CT molecular complexity index is 336. The van der Waals surface area contributed by atoms with Gasteiger partial charge < -0.3 is 5.32 Å². The van der Waals surface area contributed by atoms with E-state index in [0.717, 1.165) is 12.5 Å². The first-order valence-corrected chi connectivity index (χ1v) is 7.24. The highest BCUT2D eigenvalue weighted by molar-refractivity contribution is 9.11. The second kappa shape index (κ2) is 4.56. The molecule has 3 heteroatoms. The minimum absolute atomic E-state index is 0.456. The molecule has 15 heavy (non-hydrogen) atoms. The topological polar surface area (TPSA) is 12.0 Å². The van der Waals surface area contributed by atoms with E-state index in [4.69, 9.17) is 0 Å². The predicted molar refractivity (Wildman–Crippen MR) is 70.6 cm³/mol. The second-order valence-electron chi connectivity index (χ2n) is 4.63. The molecule has 1 aromatic rings. The maximum Gasteiger partial charge on any atom is 0.0701 e. The van der Waals surface area contributed by atoms with Gasteiger partial charge in [0.1, 0.15) is 0 Å². The fraction of sp³-hybridized carbons (Fsp3) is 0.667. The highest BCUT2D eigenvalue weighted by Crippen LogP contribution is 2.55. The van der Waals surface area contributed by atoms with Gasteiger partial charge in [-0.3, -0.25) is 0 Å². The molecular weight excluding hydrogens is 270 g/mol. The van der Waals surface area contributed by atoms with Crippen LogP contribution in [0.3, 0.4) is 0 Å². The van der Waals surface area contributed by atoms with Crippen LogP contribution in [0.5, 0.6) is 0 Å². The molecule has 0 aliphatic heterocycles. The molecule has 84 valence electrons. The second-order valence-corrected chi connectivity index (χ2v) is 7.09. The lowest BCUT2D eigenvalue weighted by Crippen LogP contribution is -2.20. The minimum Gasteiger partial charge on any atom is -0.316 e. The molecule has 1 aliphatic rings. The van der Waals surface area contributed by atoms with Crippen LogP contribution in [0.4, 0.5) is 0 Å². The largest absolute Gasteiger partial charge is 0.316 e. The molecule has 2 rings (SSSR count). The number of rotatable bonds is 5.